The Balaban J connectivity index is 1.90. The third kappa shape index (κ3) is 4.00. The van der Waals surface area contributed by atoms with Crippen molar-refractivity contribution in [3.63, 3.8) is 0 Å². The highest BCUT2D eigenvalue weighted by Gasteiger charge is 2.39. The van der Waals surface area contributed by atoms with Gasteiger partial charge in [-0.25, -0.2) is 0 Å². The number of hydrogen-bond acceptors (Lipinski definition) is 3. The Morgan fingerprint density at radius 1 is 0.759 bits per heavy atom. The molecule has 146 valence electrons. The summed E-state index contributed by atoms with van der Waals surface area (Å²) >= 11 is 12.3. The van der Waals surface area contributed by atoms with E-state index in [1.165, 1.54) is 0 Å². The zero-order chi connectivity index (χ0) is 20.3. The van der Waals surface area contributed by atoms with Gasteiger partial charge in [0.05, 0.1) is 16.3 Å². The lowest BCUT2D eigenvalue weighted by Gasteiger charge is -2.29. The second-order valence-electron chi connectivity index (χ2n) is 6.52. The molecule has 1 heterocycles. The van der Waals surface area contributed by atoms with Crippen molar-refractivity contribution in [3.8, 4) is 0 Å². The molecule has 0 spiro atoms. The molecule has 0 bridgehead atoms. The van der Waals surface area contributed by atoms with Crippen molar-refractivity contribution in [1.82, 2.24) is 0 Å². The van der Waals surface area contributed by atoms with Crippen LogP contribution in [0, 0.1) is 0 Å². The van der Waals surface area contributed by atoms with Gasteiger partial charge < -0.3 is 14.3 Å². The molecule has 29 heavy (non-hydrogen) atoms. The van der Waals surface area contributed by atoms with E-state index in [1.807, 2.05) is 72.8 Å². The van der Waals surface area contributed by atoms with Gasteiger partial charge in [-0.15, -0.1) is 0 Å². The summed E-state index contributed by atoms with van der Waals surface area (Å²) in [6.45, 7) is 0. The molecule has 0 aliphatic carbocycles. The summed E-state index contributed by atoms with van der Waals surface area (Å²) in [6, 6.07) is 27.8. The lowest BCUT2D eigenvalue weighted by Crippen LogP contribution is -2.25. The highest BCUT2D eigenvalue weighted by molar-refractivity contribution is 7.79. The van der Waals surface area contributed by atoms with Crippen molar-refractivity contribution in [2.24, 2.45) is 0 Å². The Hall–Kier alpha value is -2.45. The van der Waals surface area contributed by atoms with Gasteiger partial charge in [0.1, 0.15) is 11.5 Å². The molecule has 4 rings (SSSR count). The van der Waals surface area contributed by atoms with Crippen molar-refractivity contribution in [3.05, 3.63) is 113 Å². The third-order valence-electron chi connectivity index (χ3n) is 4.68. The van der Waals surface area contributed by atoms with Crippen LogP contribution in [0.5, 0.6) is 0 Å². The molecule has 0 aliphatic heterocycles. The zero-order valence-electron chi connectivity index (χ0n) is 15.3. The van der Waals surface area contributed by atoms with Gasteiger partial charge in [0, 0.05) is 16.3 Å². The Morgan fingerprint density at radius 3 is 1.90 bits per heavy atom. The van der Waals surface area contributed by atoms with Crippen LogP contribution in [-0.2, 0) is 4.57 Å². The maximum absolute atomic E-state index is 14.8. The van der Waals surface area contributed by atoms with Crippen LogP contribution < -0.4 is 15.9 Å². The fourth-order valence-electron chi connectivity index (χ4n) is 3.28. The van der Waals surface area contributed by atoms with Crippen LogP contribution in [0.15, 0.2) is 102 Å². The second kappa shape index (κ2) is 8.51. The first kappa shape index (κ1) is 19.8. The van der Waals surface area contributed by atoms with E-state index < -0.39 is 12.9 Å². The fourth-order valence-corrected chi connectivity index (χ4v) is 6.54. The van der Waals surface area contributed by atoms with Crippen molar-refractivity contribution in [2.45, 2.75) is 5.78 Å². The van der Waals surface area contributed by atoms with Gasteiger partial charge in [0.25, 0.3) is 0 Å². The highest BCUT2D eigenvalue weighted by Crippen LogP contribution is 2.57. The fraction of sp³-hybridized carbons (Fsp3) is 0.0435. The van der Waals surface area contributed by atoms with Gasteiger partial charge in [0.2, 0.25) is 0 Å². The summed E-state index contributed by atoms with van der Waals surface area (Å²) in [5.74, 6) is -0.0494. The van der Waals surface area contributed by atoms with Crippen LogP contribution in [0.2, 0.25) is 10.0 Å². The van der Waals surface area contributed by atoms with Gasteiger partial charge in [-0.05, 0) is 30.3 Å². The van der Waals surface area contributed by atoms with Crippen molar-refractivity contribution in [2.75, 3.05) is 5.32 Å². The van der Waals surface area contributed by atoms with Crippen LogP contribution in [-0.4, -0.2) is 0 Å². The largest absolute Gasteiger partial charge is 0.467 e. The molecule has 3 nitrogen and oxygen atoms in total. The van der Waals surface area contributed by atoms with E-state index in [1.54, 1.807) is 24.5 Å². The minimum Gasteiger partial charge on any atom is -0.467 e. The van der Waals surface area contributed by atoms with Gasteiger partial charge >= 0.3 is 0 Å². The molecule has 3 aromatic carbocycles. The van der Waals surface area contributed by atoms with Crippen molar-refractivity contribution < 1.29 is 8.98 Å². The standard InChI is InChI=1S/C23H18Cl2NO2P/c24-20-14-13-17(16-21(20)25)26-23(22-12-7-15-28-22)29(27,18-8-3-1-4-9-18)19-10-5-2-6-11-19/h1-16,23,26H. The third-order valence-corrected chi connectivity index (χ3v) is 8.66. The predicted octanol–water partition coefficient (Wildman–Crippen LogP) is 6.71. The van der Waals surface area contributed by atoms with E-state index in [2.05, 4.69) is 5.32 Å². The number of nitrogens with one attached hydrogen (secondary N) is 1. The molecule has 0 fully saturated rings. The Labute approximate surface area is 179 Å². The Bertz CT molecular complexity index is 1090. The first-order chi connectivity index (χ1) is 14.1. The lowest BCUT2D eigenvalue weighted by atomic mass is 10.3. The Kier molecular flexibility index (Phi) is 5.82. The van der Waals surface area contributed by atoms with E-state index in [-0.39, 0.29) is 0 Å². The number of benzene rings is 3. The summed E-state index contributed by atoms with van der Waals surface area (Å²) in [4.78, 5) is 0. The van der Waals surface area contributed by atoms with Gasteiger partial charge in [-0.3, -0.25) is 0 Å². The molecule has 1 unspecified atom stereocenters. The molecule has 0 saturated heterocycles. The summed E-state index contributed by atoms with van der Waals surface area (Å²) < 4.78 is 20.5. The number of hydrogen-bond donors (Lipinski definition) is 1. The second-order valence-corrected chi connectivity index (χ2v) is 10.2. The van der Waals surface area contributed by atoms with E-state index in [9.17, 15) is 4.57 Å². The van der Waals surface area contributed by atoms with Gasteiger partial charge in [0.15, 0.2) is 7.14 Å². The maximum Gasteiger partial charge on any atom is 0.171 e. The number of anilines is 1. The number of furan rings is 1. The molecule has 0 amide bonds. The van der Waals surface area contributed by atoms with E-state index >= 15 is 0 Å². The minimum atomic E-state index is -3.20. The Morgan fingerprint density at radius 2 is 1.38 bits per heavy atom. The molecule has 1 atom stereocenters. The molecule has 4 aromatic rings. The van der Waals surface area contributed by atoms with Crippen molar-refractivity contribution >= 4 is 46.6 Å². The van der Waals surface area contributed by atoms with Crippen LogP contribution in [0.1, 0.15) is 11.5 Å². The smallest absolute Gasteiger partial charge is 0.171 e. The number of halogens is 2. The topological polar surface area (TPSA) is 42.2 Å². The highest BCUT2D eigenvalue weighted by atomic mass is 35.5. The average molecular weight is 442 g/mol. The summed E-state index contributed by atoms with van der Waals surface area (Å²) in [5.41, 5.74) is 0.702. The minimum absolute atomic E-state index is 0.420. The maximum atomic E-state index is 14.8. The molecular formula is C23H18Cl2NO2P. The SMILES string of the molecule is O=P(c1ccccc1)(c1ccccc1)C(Nc1ccc(Cl)c(Cl)c1)c1ccco1. The van der Waals surface area contributed by atoms with E-state index in [4.69, 9.17) is 27.6 Å². The van der Waals surface area contributed by atoms with Crippen LogP contribution in [0.3, 0.4) is 0 Å². The summed E-state index contributed by atoms with van der Waals surface area (Å²) in [6.07, 6.45) is 1.58. The number of rotatable bonds is 6. The van der Waals surface area contributed by atoms with Gasteiger partial charge in [-0.2, -0.15) is 0 Å². The van der Waals surface area contributed by atoms with Gasteiger partial charge in [-0.1, -0.05) is 83.9 Å². The molecule has 0 aliphatic rings. The molecule has 1 N–H and O–H groups in total. The zero-order valence-corrected chi connectivity index (χ0v) is 17.7. The summed E-state index contributed by atoms with van der Waals surface area (Å²) in [7, 11) is -3.20. The molecule has 0 saturated carbocycles. The van der Waals surface area contributed by atoms with E-state index in [0.29, 0.717) is 21.5 Å². The quantitative estimate of drug-likeness (QED) is 0.338. The molecule has 0 radical (unpaired) electrons. The summed E-state index contributed by atoms with van der Waals surface area (Å²) in [5, 5.41) is 5.74. The van der Waals surface area contributed by atoms with Crippen molar-refractivity contribution in [1.29, 1.82) is 0 Å². The first-order valence-corrected chi connectivity index (χ1v) is 11.6. The first-order valence-electron chi connectivity index (χ1n) is 9.05. The van der Waals surface area contributed by atoms with Crippen LogP contribution >= 0.6 is 30.3 Å². The van der Waals surface area contributed by atoms with Crippen LogP contribution in [0.25, 0.3) is 0 Å². The molecular weight excluding hydrogens is 424 g/mol. The molecule has 1 aromatic heterocycles. The normalized spacial score (nSPS) is 12.5. The van der Waals surface area contributed by atoms with E-state index in [0.717, 1.165) is 10.6 Å². The van der Waals surface area contributed by atoms with Crippen LogP contribution in [0.4, 0.5) is 5.69 Å². The monoisotopic (exact) mass is 441 g/mol. The average Bonchev–Trinajstić information content (AvgIpc) is 3.30. The molecule has 6 heteroatoms. The predicted molar refractivity (Wildman–Crippen MR) is 121 cm³/mol. The lowest BCUT2D eigenvalue weighted by molar-refractivity contribution is 0.504.